The molecule has 1 N–H and O–H groups in total. The van der Waals surface area contributed by atoms with E-state index < -0.39 is 0 Å². The Balaban J connectivity index is 2.09. The second-order valence-corrected chi connectivity index (χ2v) is 5.88. The molecule has 3 aromatic carbocycles. The third-order valence-corrected chi connectivity index (χ3v) is 4.62. The maximum atomic E-state index is 3.60. The van der Waals surface area contributed by atoms with Crippen LogP contribution in [0.4, 0.5) is 0 Å². The van der Waals surface area contributed by atoms with Crippen LogP contribution in [0.1, 0.15) is 0 Å². The first-order valence-electron chi connectivity index (χ1n) is 7.53. The quantitative estimate of drug-likeness (QED) is 0.320. The highest BCUT2D eigenvalue weighted by atomic mass is 14.9. The summed E-state index contributed by atoms with van der Waals surface area (Å²) in [6.45, 7) is 0. The normalized spacial score (nSPS) is 11.9. The summed E-state index contributed by atoms with van der Waals surface area (Å²) < 4.78 is 2.21. The van der Waals surface area contributed by atoms with Gasteiger partial charge in [0.15, 0.2) is 6.20 Å². The van der Waals surface area contributed by atoms with Gasteiger partial charge in [-0.05, 0) is 12.1 Å². The van der Waals surface area contributed by atoms with Gasteiger partial charge in [-0.25, -0.2) is 4.57 Å². The topological polar surface area (TPSA) is 19.7 Å². The Labute approximate surface area is 127 Å². The van der Waals surface area contributed by atoms with Crippen molar-refractivity contribution in [2.75, 3.05) is 0 Å². The van der Waals surface area contributed by atoms with Crippen LogP contribution in [-0.2, 0) is 7.05 Å². The number of H-pyrrole nitrogens is 1. The molecule has 2 heterocycles. The number of hydrogen-bond donors (Lipinski definition) is 1. The molecular weight excluding hydrogens is 268 g/mol. The van der Waals surface area contributed by atoms with E-state index in [0.29, 0.717) is 0 Å². The van der Waals surface area contributed by atoms with Crippen LogP contribution in [0.5, 0.6) is 0 Å². The van der Waals surface area contributed by atoms with Crippen LogP contribution in [0.25, 0.3) is 43.5 Å². The number of para-hydroxylation sites is 2. The number of nitrogens with one attached hydrogen (secondary N) is 1. The molecule has 0 aliphatic carbocycles. The van der Waals surface area contributed by atoms with Gasteiger partial charge in [-0.15, -0.1) is 0 Å². The van der Waals surface area contributed by atoms with Gasteiger partial charge >= 0.3 is 0 Å². The summed E-state index contributed by atoms with van der Waals surface area (Å²) in [6.07, 6.45) is 2.23. The second-order valence-electron chi connectivity index (χ2n) is 5.88. The van der Waals surface area contributed by atoms with Gasteiger partial charge in [0, 0.05) is 27.7 Å². The fraction of sp³-hybridized carbons (Fsp3) is 0.0500. The minimum Gasteiger partial charge on any atom is -0.354 e. The van der Waals surface area contributed by atoms with Gasteiger partial charge in [0.05, 0.1) is 16.3 Å². The van der Waals surface area contributed by atoms with Crippen molar-refractivity contribution in [1.29, 1.82) is 0 Å². The minimum atomic E-state index is 1.20. The predicted octanol–water partition coefficient (Wildman–Crippen LogP) is 4.45. The zero-order valence-electron chi connectivity index (χ0n) is 12.3. The van der Waals surface area contributed by atoms with Gasteiger partial charge in [0.2, 0.25) is 5.52 Å². The van der Waals surface area contributed by atoms with Gasteiger partial charge in [-0.2, -0.15) is 0 Å². The molecule has 0 fully saturated rings. The van der Waals surface area contributed by atoms with Crippen molar-refractivity contribution in [2.45, 2.75) is 0 Å². The third kappa shape index (κ3) is 1.41. The Kier molecular flexibility index (Phi) is 2.18. The first-order chi connectivity index (χ1) is 10.8. The number of benzene rings is 3. The van der Waals surface area contributed by atoms with Crippen LogP contribution in [0.3, 0.4) is 0 Å². The Hall–Kier alpha value is -2.87. The first-order valence-corrected chi connectivity index (χ1v) is 7.53. The minimum absolute atomic E-state index is 1.20. The average molecular weight is 283 g/mol. The number of fused-ring (bicyclic) bond motifs is 7. The Morgan fingerprint density at radius 2 is 1.41 bits per heavy atom. The van der Waals surface area contributed by atoms with Crippen molar-refractivity contribution in [3.8, 4) is 0 Å². The molecule has 0 saturated heterocycles. The number of hydrogen-bond acceptors (Lipinski definition) is 0. The molecular formula is C20H15N2+. The number of pyridine rings is 1. The standard InChI is InChI=1S/C20H14N2/c1-22-12-17-13(15-7-3-5-9-19(15)22)10-11-16-14-6-2-4-8-18(14)21-20(16)17/h2-12H,1H3/p+1. The fourth-order valence-electron chi connectivity index (χ4n) is 3.58. The monoisotopic (exact) mass is 283 g/mol. The largest absolute Gasteiger partial charge is 0.354 e. The van der Waals surface area contributed by atoms with E-state index in [1.807, 2.05) is 0 Å². The van der Waals surface area contributed by atoms with E-state index in [1.54, 1.807) is 0 Å². The van der Waals surface area contributed by atoms with E-state index >= 15 is 0 Å². The zero-order valence-corrected chi connectivity index (χ0v) is 12.3. The third-order valence-electron chi connectivity index (χ3n) is 4.62. The Bertz CT molecular complexity index is 1180. The van der Waals surface area contributed by atoms with Crippen LogP contribution in [0.15, 0.2) is 66.9 Å². The molecule has 0 aliphatic rings. The highest BCUT2D eigenvalue weighted by molar-refractivity contribution is 6.20. The number of aryl methyl sites for hydroxylation is 1. The first kappa shape index (κ1) is 11.8. The summed E-state index contributed by atoms with van der Waals surface area (Å²) in [7, 11) is 2.11. The smallest absolute Gasteiger partial charge is 0.212 e. The van der Waals surface area contributed by atoms with Crippen molar-refractivity contribution >= 4 is 43.5 Å². The lowest BCUT2D eigenvalue weighted by Gasteiger charge is -2.03. The van der Waals surface area contributed by atoms with E-state index in [1.165, 1.54) is 43.5 Å². The van der Waals surface area contributed by atoms with Crippen molar-refractivity contribution in [2.24, 2.45) is 7.05 Å². The maximum Gasteiger partial charge on any atom is 0.212 e. The van der Waals surface area contributed by atoms with Gasteiger partial charge in [-0.3, -0.25) is 0 Å². The summed E-state index contributed by atoms with van der Waals surface area (Å²) in [4.78, 5) is 3.60. The highest BCUT2D eigenvalue weighted by Gasteiger charge is 2.14. The predicted molar refractivity (Wildman–Crippen MR) is 92.0 cm³/mol. The van der Waals surface area contributed by atoms with Crippen molar-refractivity contribution in [3.05, 3.63) is 66.9 Å². The molecule has 2 nitrogen and oxygen atoms in total. The SMILES string of the molecule is C[n+]1cc2c(ccc3c4ccccc4[nH]c32)c2ccccc21. The molecule has 0 saturated carbocycles. The zero-order chi connectivity index (χ0) is 14.7. The molecule has 0 unspecified atom stereocenters. The molecule has 0 spiro atoms. The van der Waals surface area contributed by atoms with Crippen molar-refractivity contribution < 1.29 is 4.57 Å². The summed E-state index contributed by atoms with van der Waals surface area (Å²) in [6, 6.07) is 21.6. The lowest BCUT2D eigenvalue weighted by atomic mass is 10.0. The summed E-state index contributed by atoms with van der Waals surface area (Å²) in [5.74, 6) is 0. The summed E-state index contributed by atoms with van der Waals surface area (Å²) in [5.41, 5.74) is 3.67. The molecule has 104 valence electrons. The molecule has 0 atom stereocenters. The molecule has 0 bridgehead atoms. The molecule has 2 aromatic heterocycles. The van der Waals surface area contributed by atoms with Crippen LogP contribution >= 0.6 is 0 Å². The number of nitrogens with zero attached hydrogens (tertiary/aromatic N) is 1. The fourth-order valence-corrected chi connectivity index (χ4v) is 3.58. The van der Waals surface area contributed by atoms with E-state index in [-0.39, 0.29) is 0 Å². The van der Waals surface area contributed by atoms with Crippen LogP contribution in [-0.4, -0.2) is 4.98 Å². The van der Waals surface area contributed by atoms with Gasteiger partial charge < -0.3 is 4.98 Å². The number of aromatic nitrogens is 2. The Morgan fingerprint density at radius 1 is 0.682 bits per heavy atom. The number of aromatic amines is 1. The van der Waals surface area contributed by atoms with Crippen LogP contribution < -0.4 is 4.57 Å². The molecule has 22 heavy (non-hydrogen) atoms. The lowest BCUT2D eigenvalue weighted by Crippen LogP contribution is -2.28. The van der Waals surface area contributed by atoms with E-state index in [9.17, 15) is 0 Å². The molecule has 2 heteroatoms. The van der Waals surface area contributed by atoms with Gasteiger partial charge in [-0.1, -0.05) is 42.5 Å². The summed E-state index contributed by atoms with van der Waals surface area (Å²) in [5, 5.41) is 6.44. The van der Waals surface area contributed by atoms with Gasteiger partial charge in [0.25, 0.3) is 0 Å². The van der Waals surface area contributed by atoms with Crippen LogP contribution in [0.2, 0.25) is 0 Å². The molecule has 5 aromatic rings. The second kappa shape index (κ2) is 4.08. The van der Waals surface area contributed by atoms with Crippen molar-refractivity contribution in [1.82, 2.24) is 4.98 Å². The molecule has 0 aliphatic heterocycles. The average Bonchev–Trinajstić information content (AvgIpc) is 2.94. The molecule has 0 radical (unpaired) electrons. The van der Waals surface area contributed by atoms with Gasteiger partial charge in [0.1, 0.15) is 7.05 Å². The maximum absolute atomic E-state index is 3.60. The summed E-state index contributed by atoms with van der Waals surface area (Å²) >= 11 is 0. The molecule has 0 amide bonds. The molecule has 5 rings (SSSR count). The highest BCUT2D eigenvalue weighted by Crippen LogP contribution is 2.32. The van der Waals surface area contributed by atoms with E-state index in [0.717, 1.165) is 0 Å². The number of rotatable bonds is 0. The van der Waals surface area contributed by atoms with Crippen LogP contribution in [0, 0.1) is 0 Å². The van der Waals surface area contributed by atoms with Crippen molar-refractivity contribution in [3.63, 3.8) is 0 Å². The Morgan fingerprint density at radius 3 is 2.32 bits per heavy atom. The lowest BCUT2D eigenvalue weighted by molar-refractivity contribution is -0.643. The van der Waals surface area contributed by atoms with E-state index in [4.69, 9.17) is 0 Å². The van der Waals surface area contributed by atoms with E-state index in [2.05, 4.69) is 83.5 Å².